The van der Waals surface area contributed by atoms with Crippen LogP contribution in [0, 0.1) is 5.41 Å². The third kappa shape index (κ3) is 3.67. The molecule has 1 atom stereocenters. The van der Waals surface area contributed by atoms with Gasteiger partial charge in [-0.1, -0.05) is 76.9 Å². The van der Waals surface area contributed by atoms with Crippen molar-refractivity contribution in [2.75, 3.05) is 18.0 Å². The summed E-state index contributed by atoms with van der Waals surface area (Å²) in [6, 6.07) is 14.2. The molecule has 34 heavy (non-hydrogen) atoms. The van der Waals surface area contributed by atoms with E-state index >= 15 is 0 Å². The molecular formula is C25H22Cl3N5S. The first-order valence-corrected chi connectivity index (χ1v) is 13.1. The van der Waals surface area contributed by atoms with Gasteiger partial charge in [0, 0.05) is 24.0 Å². The first-order chi connectivity index (χ1) is 16.4. The molecular weight excluding hydrogens is 509 g/mol. The molecule has 3 N–H and O–H groups in total. The molecule has 9 heteroatoms. The highest BCUT2D eigenvalue weighted by Gasteiger charge is 2.46. The van der Waals surface area contributed by atoms with Gasteiger partial charge in [0.05, 0.1) is 16.2 Å². The predicted octanol–water partition coefficient (Wildman–Crippen LogP) is 6.91. The number of aromatic nitrogens is 3. The van der Waals surface area contributed by atoms with Crippen LogP contribution in [0.25, 0.3) is 11.2 Å². The number of piperidine rings is 1. The molecule has 0 bridgehead atoms. The molecule has 2 aliphatic rings. The number of halogens is 3. The maximum Gasteiger partial charge on any atom is 0.159 e. The van der Waals surface area contributed by atoms with Crippen molar-refractivity contribution in [3.05, 3.63) is 74.9 Å². The van der Waals surface area contributed by atoms with E-state index in [1.807, 2.05) is 12.1 Å². The van der Waals surface area contributed by atoms with Crippen LogP contribution in [-0.4, -0.2) is 28.0 Å². The van der Waals surface area contributed by atoms with E-state index in [2.05, 4.69) is 39.1 Å². The molecule has 2 aromatic heterocycles. The van der Waals surface area contributed by atoms with Crippen molar-refractivity contribution in [1.29, 1.82) is 0 Å². The number of aromatic amines is 1. The first kappa shape index (κ1) is 22.5. The molecule has 2 aromatic carbocycles. The average molecular weight is 531 g/mol. The molecule has 6 rings (SSSR count). The van der Waals surface area contributed by atoms with Gasteiger partial charge >= 0.3 is 0 Å². The van der Waals surface area contributed by atoms with Crippen LogP contribution in [0.2, 0.25) is 15.1 Å². The lowest BCUT2D eigenvalue weighted by Gasteiger charge is -2.42. The number of nitrogens with two attached hydrogens (primary N) is 1. The number of benzene rings is 2. The van der Waals surface area contributed by atoms with Crippen LogP contribution in [0.4, 0.5) is 5.82 Å². The molecule has 1 aliphatic carbocycles. The van der Waals surface area contributed by atoms with Gasteiger partial charge in [0.2, 0.25) is 0 Å². The maximum atomic E-state index is 6.82. The summed E-state index contributed by atoms with van der Waals surface area (Å²) in [5.74, 6) is 0.874. The zero-order valence-electron chi connectivity index (χ0n) is 18.2. The summed E-state index contributed by atoms with van der Waals surface area (Å²) >= 11 is 20.7. The zero-order chi connectivity index (χ0) is 23.4. The smallest absolute Gasteiger partial charge is 0.159 e. The van der Waals surface area contributed by atoms with Crippen molar-refractivity contribution in [2.24, 2.45) is 11.1 Å². The van der Waals surface area contributed by atoms with Gasteiger partial charge in [-0.3, -0.25) is 0 Å². The van der Waals surface area contributed by atoms with Gasteiger partial charge in [-0.2, -0.15) is 0 Å². The topological polar surface area (TPSA) is 70.8 Å². The van der Waals surface area contributed by atoms with Crippen LogP contribution in [0.5, 0.6) is 0 Å². The van der Waals surface area contributed by atoms with Gasteiger partial charge in [-0.15, -0.1) is 0 Å². The minimum atomic E-state index is 0.0882. The van der Waals surface area contributed by atoms with Crippen molar-refractivity contribution in [1.82, 2.24) is 15.0 Å². The Morgan fingerprint density at radius 3 is 2.62 bits per heavy atom. The zero-order valence-corrected chi connectivity index (χ0v) is 21.3. The third-order valence-electron chi connectivity index (χ3n) is 7.20. The number of fused-ring (bicyclic) bond motifs is 2. The molecule has 1 saturated heterocycles. The van der Waals surface area contributed by atoms with Gasteiger partial charge in [0.25, 0.3) is 0 Å². The molecule has 1 spiro atoms. The lowest BCUT2D eigenvalue weighted by molar-refractivity contribution is 0.187. The van der Waals surface area contributed by atoms with Crippen molar-refractivity contribution >= 4 is 63.5 Å². The maximum absolute atomic E-state index is 6.82. The van der Waals surface area contributed by atoms with E-state index in [1.54, 1.807) is 12.3 Å². The summed E-state index contributed by atoms with van der Waals surface area (Å²) in [6.45, 7) is 1.77. The van der Waals surface area contributed by atoms with E-state index < -0.39 is 0 Å². The van der Waals surface area contributed by atoms with E-state index in [0.29, 0.717) is 31.3 Å². The largest absolute Gasteiger partial charge is 0.357 e. The normalized spacial score (nSPS) is 19.2. The summed E-state index contributed by atoms with van der Waals surface area (Å²) in [7, 11) is 0. The number of hydrogen-bond acceptors (Lipinski definition) is 5. The number of H-pyrrole nitrogens is 1. The number of nitrogens with one attached hydrogen (secondary N) is 1. The van der Waals surface area contributed by atoms with E-state index in [1.165, 1.54) is 22.9 Å². The fourth-order valence-corrected chi connectivity index (χ4v) is 6.90. The molecule has 0 saturated carbocycles. The Kier molecular flexibility index (Phi) is 5.70. The summed E-state index contributed by atoms with van der Waals surface area (Å²) in [5.41, 5.74) is 10.9. The fraction of sp³-hybridized carbons (Fsp3) is 0.280. The van der Waals surface area contributed by atoms with Crippen molar-refractivity contribution in [2.45, 2.75) is 35.2 Å². The van der Waals surface area contributed by atoms with E-state index in [-0.39, 0.29) is 11.5 Å². The van der Waals surface area contributed by atoms with Crippen molar-refractivity contribution < 1.29 is 0 Å². The monoisotopic (exact) mass is 529 g/mol. The molecule has 3 heterocycles. The summed E-state index contributed by atoms with van der Waals surface area (Å²) < 4.78 is 0. The Hall–Kier alpha value is -1.96. The van der Waals surface area contributed by atoms with Gasteiger partial charge in [0.15, 0.2) is 5.65 Å². The molecule has 5 nitrogen and oxygen atoms in total. The highest BCUT2D eigenvalue weighted by atomic mass is 35.5. The Morgan fingerprint density at radius 2 is 1.82 bits per heavy atom. The van der Waals surface area contributed by atoms with E-state index in [4.69, 9.17) is 45.5 Å². The Morgan fingerprint density at radius 1 is 1.03 bits per heavy atom. The van der Waals surface area contributed by atoms with Gasteiger partial charge in [-0.05, 0) is 47.9 Å². The second kappa shape index (κ2) is 8.61. The number of hydrogen-bond donors (Lipinski definition) is 2. The van der Waals surface area contributed by atoms with Crippen LogP contribution < -0.4 is 10.6 Å². The molecule has 174 valence electrons. The highest BCUT2D eigenvalue weighted by Crippen LogP contribution is 2.51. The summed E-state index contributed by atoms with van der Waals surface area (Å²) in [5, 5.41) is 2.32. The summed E-state index contributed by atoms with van der Waals surface area (Å²) in [6.07, 6.45) is 4.81. The average Bonchev–Trinajstić information content (AvgIpc) is 3.32. The van der Waals surface area contributed by atoms with Crippen LogP contribution >= 0.6 is 46.6 Å². The Balaban J connectivity index is 1.23. The number of rotatable bonds is 3. The minimum Gasteiger partial charge on any atom is -0.357 e. The second-order valence-electron chi connectivity index (χ2n) is 9.05. The Labute approximate surface area is 217 Å². The summed E-state index contributed by atoms with van der Waals surface area (Å²) in [4.78, 5) is 15.8. The quantitative estimate of drug-likeness (QED) is 0.301. The molecule has 1 aliphatic heterocycles. The van der Waals surface area contributed by atoms with Crippen LogP contribution in [-0.2, 0) is 6.42 Å². The minimum absolute atomic E-state index is 0.0882. The standard InChI is InChI=1S/C25H22Cl3N5S/c26-16-6-3-7-17(19(16)27)34-18-13-30-23-21(31-18)20(28)24(32-23)33-10-8-25(9-11-33)12-14-4-1-2-5-15(14)22(25)29/h1-7,13,22H,8-12,29H2,(H,30,32)/t22-/m1/s1. The van der Waals surface area contributed by atoms with E-state index in [0.717, 1.165) is 43.1 Å². The lowest BCUT2D eigenvalue weighted by Crippen LogP contribution is -2.44. The van der Waals surface area contributed by atoms with E-state index in [9.17, 15) is 0 Å². The molecule has 1 fully saturated rings. The highest BCUT2D eigenvalue weighted by molar-refractivity contribution is 7.99. The molecule has 0 amide bonds. The first-order valence-electron chi connectivity index (χ1n) is 11.2. The molecule has 0 unspecified atom stereocenters. The number of anilines is 1. The number of nitrogens with zero attached hydrogens (tertiary/aromatic N) is 3. The van der Waals surface area contributed by atoms with Crippen LogP contribution in [0.15, 0.2) is 58.6 Å². The molecule has 0 radical (unpaired) electrons. The second-order valence-corrected chi connectivity index (χ2v) is 11.3. The van der Waals surface area contributed by atoms with Crippen molar-refractivity contribution in [3.8, 4) is 0 Å². The molecule has 4 aromatic rings. The van der Waals surface area contributed by atoms with Crippen molar-refractivity contribution in [3.63, 3.8) is 0 Å². The fourth-order valence-electron chi connectivity index (χ4n) is 5.32. The predicted molar refractivity (Wildman–Crippen MR) is 140 cm³/mol. The lowest BCUT2D eigenvalue weighted by atomic mass is 9.73. The third-order valence-corrected chi connectivity index (χ3v) is 9.46. The van der Waals surface area contributed by atoms with Gasteiger partial charge in [0.1, 0.15) is 21.4 Å². The van der Waals surface area contributed by atoms with Crippen LogP contribution in [0.3, 0.4) is 0 Å². The van der Waals surface area contributed by atoms with Crippen LogP contribution in [0.1, 0.15) is 30.0 Å². The van der Waals surface area contributed by atoms with Gasteiger partial charge in [-0.25, -0.2) is 9.97 Å². The SMILES string of the molecule is N[C@@H]1c2ccccc2CC12CCN(c1[nH]c3ncc(Sc4cccc(Cl)c4Cl)nc3c1Cl)CC2. The van der Waals surface area contributed by atoms with Gasteiger partial charge < -0.3 is 15.6 Å². The Bertz CT molecular complexity index is 1400.